The molecule has 0 aromatic heterocycles. The molecule has 4 rings (SSSR count). The van der Waals surface area contributed by atoms with Crippen molar-refractivity contribution in [2.75, 3.05) is 11.8 Å². The SMILES string of the molecule is COC1CC2CCC(C1)N2C(=O)c1cccc(NS(=O)(=O)c2cccc(F)c2)c1. The van der Waals surface area contributed by atoms with E-state index in [9.17, 15) is 17.6 Å². The summed E-state index contributed by atoms with van der Waals surface area (Å²) in [4.78, 5) is 14.9. The van der Waals surface area contributed by atoms with E-state index in [4.69, 9.17) is 4.74 Å². The summed E-state index contributed by atoms with van der Waals surface area (Å²) in [7, 11) is -2.25. The number of hydrogen-bond acceptors (Lipinski definition) is 4. The van der Waals surface area contributed by atoms with Crippen LogP contribution in [0.3, 0.4) is 0 Å². The third kappa shape index (κ3) is 4.00. The van der Waals surface area contributed by atoms with E-state index in [2.05, 4.69) is 4.72 Å². The summed E-state index contributed by atoms with van der Waals surface area (Å²) in [6.07, 6.45) is 3.75. The Kier molecular flexibility index (Phi) is 5.31. The summed E-state index contributed by atoms with van der Waals surface area (Å²) in [6.45, 7) is 0. The minimum atomic E-state index is -3.95. The molecule has 0 saturated carbocycles. The predicted octanol–water partition coefficient (Wildman–Crippen LogP) is 3.41. The van der Waals surface area contributed by atoms with Crippen LogP contribution < -0.4 is 4.72 Å². The molecule has 6 nitrogen and oxygen atoms in total. The molecular weight excluding hydrogens is 395 g/mol. The average molecular weight is 418 g/mol. The molecule has 2 unspecified atom stereocenters. The minimum Gasteiger partial charge on any atom is -0.381 e. The van der Waals surface area contributed by atoms with E-state index in [1.165, 1.54) is 24.3 Å². The first-order valence-electron chi connectivity index (χ1n) is 9.61. The summed E-state index contributed by atoms with van der Waals surface area (Å²) in [6, 6.07) is 11.5. The van der Waals surface area contributed by atoms with E-state index in [1.807, 2.05) is 4.90 Å². The van der Waals surface area contributed by atoms with Crippen molar-refractivity contribution in [3.05, 3.63) is 59.9 Å². The molecule has 0 spiro atoms. The van der Waals surface area contributed by atoms with Crippen LogP contribution in [0.5, 0.6) is 0 Å². The molecule has 1 N–H and O–H groups in total. The lowest BCUT2D eigenvalue weighted by Gasteiger charge is -2.38. The molecular formula is C21H23FN2O4S. The lowest BCUT2D eigenvalue weighted by Crippen LogP contribution is -2.48. The number of methoxy groups -OCH3 is 1. The first-order chi connectivity index (χ1) is 13.9. The second kappa shape index (κ2) is 7.76. The van der Waals surface area contributed by atoms with Crippen LogP contribution in [-0.2, 0) is 14.8 Å². The molecule has 8 heteroatoms. The van der Waals surface area contributed by atoms with E-state index in [0.717, 1.165) is 31.7 Å². The molecule has 0 radical (unpaired) electrons. The van der Waals surface area contributed by atoms with Crippen molar-refractivity contribution in [3.8, 4) is 0 Å². The van der Waals surface area contributed by atoms with Gasteiger partial charge in [0.25, 0.3) is 15.9 Å². The Morgan fingerprint density at radius 1 is 1.10 bits per heavy atom. The fourth-order valence-corrected chi connectivity index (χ4v) is 5.44. The van der Waals surface area contributed by atoms with Crippen LogP contribution in [-0.4, -0.2) is 44.5 Å². The first kappa shape index (κ1) is 19.8. The fourth-order valence-electron chi connectivity index (χ4n) is 4.36. The number of nitrogens with zero attached hydrogens (tertiary/aromatic N) is 1. The van der Waals surface area contributed by atoms with Gasteiger partial charge in [-0.15, -0.1) is 0 Å². The quantitative estimate of drug-likeness (QED) is 0.808. The van der Waals surface area contributed by atoms with Crippen molar-refractivity contribution in [2.45, 2.75) is 48.8 Å². The van der Waals surface area contributed by atoms with Crippen LogP contribution in [0.1, 0.15) is 36.0 Å². The van der Waals surface area contributed by atoms with Crippen LogP contribution in [0.2, 0.25) is 0 Å². The molecule has 154 valence electrons. The Balaban J connectivity index is 1.54. The zero-order chi connectivity index (χ0) is 20.6. The number of sulfonamides is 1. The summed E-state index contributed by atoms with van der Waals surface area (Å²) in [5.41, 5.74) is 0.691. The van der Waals surface area contributed by atoms with Gasteiger partial charge in [-0.2, -0.15) is 0 Å². The largest absolute Gasteiger partial charge is 0.381 e. The van der Waals surface area contributed by atoms with Gasteiger partial charge in [-0.25, -0.2) is 12.8 Å². The number of carbonyl (C=O) groups is 1. The van der Waals surface area contributed by atoms with Gasteiger partial charge in [-0.1, -0.05) is 12.1 Å². The Hall–Kier alpha value is -2.45. The van der Waals surface area contributed by atoms with Crippen LogP contribution in [0.25, 0.3) is 0 Å². The highest BCUT2D eigenvalue weighted by Crippen LogP contribution is 2.37. The molecule has 2 heterocycles. The second-order valence-electron chi connectivity index (χ2n) is 7.57. The van der Waals surface area contributed by atoms with Gasteiger partial charge in [0.05, 0.1) is 11.0 Å². The molecule has 2 atom stereocenters. The number of nitrogens with one attached hydrogen (secondary N) is 1. The number of amides is 1. The smallest absolute Gasteiger partial charge is 0.261 e. The second-order valence-corrected chi connectivity index (χ2v) is 9.25. The number of halogens is 1. The summed E-state index contributed by atoms with van der Waals surface area (Å²) < 4.78 is 46.4. The van der Waals surface area contributed by atoms with Crippen molar-refractivity contribution in [1.29, 1.82) is 0 Å². The Labute approximate surface area is 169 Å². The van der Waals surface area contributed by atoms with E-state index in [0.29, 0.717) is 5.56 Å². The Morgan fingerprint density at radius 3 is 2.45 bits per heavy atom. The molecule has 0 aliphatic carbocycles. The van der Waals surface area contributed by atoms with E-state index >= 15 is 0 Å². The molecule has 2 fully saturated rings. The highest BCUT2D eigenvalue weighted by molar-refractivity contribution is 7.92. The molecule has 1 amide bonds. The topological polar surface area (TPSA) is 75.7 Å². The van der Waals surface area contributed by atoms with Crippen molar-refractivity contribution in [1.82, 2.24) is 4.90 Å². The maximum Gasteiger partial charge on any atom is 0.261 e. The van der Waals surface area contributed by atoms with Crippen molar-refractivity contribution >= 4 is 21.6 Å². The van der Waals surface area contributed by atoms with Gasteiger partial charge in [0.1, 0.15) is 5.82 Å². The third-order valence-corrected chi connectivity index (χ3v) is 7.10. The standard InChI is InChI=1S/C21H23FN2O4S/c1-28-19-12-17-8-9-18(13-19)24(17)21(25)14-4-2-6-16(10-14)23-29(26,27)20-7-3-5-15(22)11-20/h2-7,10-11,17-19,23H,8-9,12-13H2,1H3. The molecule has 2 saturated heterocycles. The van der Waals surface area contributed by atoms with E-state index in [1.54, 1.807) is 25.3 Å². The van der Waals surface area contributed by atoms with Crippen molar-refractivity contribution in [2.24, 2.45) is 0 Å². The van der Waals surface area contributed by atoms with E-state index < -0.39 is 15.8 Å². The lowest BCUT2D eigenvalue weighted by molar-refractivity contribution is 0.00822. The van der Waals surface area contributed by atoms with Gasteiger partial charge in [0, 0.05) is 30.4 Å². The maximum absolute atomic E-state index is 13.4. The van der Waals surface area contributed by atoms with Gasteiger partial charge >= 0.3 is 0 Å². The maximum atomic E-state index is 13.4. The Morgan fingerprint density at radius 2 is 1.79 bits per heavy atom. The van der Waals surface area contributed by atoms with E-state index in [-0.39, 0.29) is 34.7 Å². The molecule has 2 aliphatic heterocycles. The van der Waals surface area contributed by atoms with Gasteiger partial charge in [-0.3, -0.25) is 9.52 Å². The Bertz CT molecular complexity index is 1010. The van der Waals surface area contributed by atoms with Crippen LogP contribution in [0.15, 0.2) is 53.4 Å². The molecule has 2 aromatic carbocycles. The number of fused-ring (bicyclic) bond motifs is 2. The zero-order valence-corrected chi connectivity index (χ0v) is 16.9. The van der Waals surface area contributed by atoms with Crippen molar-refractivity contribution in [3.63, 3.8) is 0 Å². The number of rotatable bonds is 5. The number of benzene rings is 2. The molecule has 2 aromatic rings. The highest BCUT2D eigenvalue weighted by Gasteiger charge is 2.43. The van der Waals surface area contributed by atoms with Gasteiger partial charge < -0.3 is 9.64 Å². The first-order valence-corrected chi connectivity index (χ1v) is 11.1. The summed E-state index contributed by atoms with van der Waals surface area (Å²) in [5, 5.41) is 0. The minimum absolute atomic E-state index is 0.0983. The van der Waals surface area contributed by atoms with Gasteiger partial charge in [0.15, 0.2) is 0 Å². The third-order valence-electron chi connectivity index (χ3n) is 5.73. The number of hydrogen-bond donors (Lipinski definition) is 1. The number of carbonyl (C=O) groups excluding carboxylic acids is 1. The zero-order valence-electron chi connectivity index (χ0n) is 16.0. The molecule has 29 heavy (non-hydrogen) atoms. The number of anilines is 1. The highest BCUT2D eigenvalue weighted by atomic mass is 32.2. The molecule has 2 aliphatic rings. The average Bonchev–Trinajstić information content (AvgIpc) is 2.96. The predicted molar refractivity (Wildman–Crippen MR) is 107 cm³/mol. The van der Waals surface area contributed by atoms with Crippen molar-refractivity contribution < 1.29 is 22.3 Å². The monoisotopic (exact) mass is 418 g/mol. The van der Waals surface area contributed by atoms with Crippen LogP contribution in [0, 0.1) is 5.82 Å². The summed E-state index contributed by atoms with van der Waals surface area (Å²) >= 11 is 0. The van der Waals surface area contributed by atoms with Crippen LogP contribution >= 0.6 is 0 Å². The van der Waals surface area contributed by atoms with Gasteiger partial charge in [0.2, 0.25) is 0 Å². The molecule has 2 bridgehead atoms. The van der Waals surface area contributed by atoms with Crippen LogP contribution in [0.4, 0.5) is 10.1 Å². The van der Waals surface area contributed by atoms with Gasteiger partial charge in [-0.05, 0) is 62.1 Å². The lowest BCUT2D eigenvalue weighted by atomic mass is 9.98. The summed E-state index contributed by atoms with van der Waals surface area (Å²) in [5.74, 6) is -0.731. The number of piperidine rings is 1. The normalized spacial score (nSPS) is 23.8. The fraction of sp³-hybridized carbons (Fsp3) is 0.381. The number of ether oxygens (including phenoxy) is 1.